The number of hydrogen-bond acceptors (Lipinski definition) is 4. The number of nitrogens with zero attached hydrogens (tertiary/aromatic N) is 4. The fraction of sp³-hybridized carbons (Fsp3) is 0.267. The van der Waals surface area contributed by atoms with Crippen molar-refractivity contribution in [1.82, 2.24) is 24.8 Å². The molecular weight excluding hydrogens is 492 g/mol. The van der Waals surface area contributed by atoms with Crippen molar-refractivity contribution < 1.29 is 4.79 Å². The van der Waals surface area contributed by atoms with Crippen LogP contribution in [-0.4, -0.2) is 37.0 Å². The van der Waals surface area contributed by atoms with E-state index in [-0.39, 0.29) is 18.0 Å². The van der Waals surface area contributed by atoms with Crippen molar-refractivity contribution in [2.75, 3.05) is 11.9 Å². The van der Waals surface area contributed by atoms with Crippen LogP contribution in [0.25, 0.3) is 5.82 Å². The van der Waals surface area contributed by atoms with E-state index in [9.17, 15) is 4.79 Å². The number of rotatable bonds is 7. The first-order valence-electron chi connectivity index (χ1n) is 12.8. The van der Waals surface area contributed by atoms with Gasteiger partial charge in [-0.15, -0.1) is 0 Å². The van der Waals surface area contributed by atoms with Gasteiger partial charge in [0, 0.05) is 42.4 Å². The maximum atomic E-state index is 12.9. The molecule has 194 valence electrons. The molecule has 8 heteroatoms. The minimum absolute atomic E-state index is 0.0484. The second-order valence-corrected chi connectivity index (χ2v) is 10.2. The Hall–Kier alpha value is -4.04. The molecule has 4 aromatic rings. The third-order valence-electron chi connectivity index (χ3n) is 6.99. The number of thiocarbonyl (C=S) groups is 1. The van der Waals surface area contributed by atoms with Crippen molar-refractivity contribution in [3.63, 3.8) is 0 Å². The lowest BCUT2D eigenvalue weighted by Gasteiger charge is -2.28. The van der Waals surface area contributed by atoms with E-state index in [0.717, 1.165) is 45.3 Å². The average molecular weight is 525 g/mol. The average Bonchev–Trinajstić information content (AvgIpc) is 3.38. The minimum Gasteiger partial charge on any atom is -0.352 e. The van der Waals surface area contributed by atoms with Gasteiger partial charge in [-0.3, -0.25) is 9.78 Å². The summed E-state index contributed by atoms with van der Waals surface area (Å²) in [5.74, 6) is 0.830. The van der Waals surface area contributed by atoms with Crippen LogP contribution in [-0.2, 0) is 4.79 Å². The maximum absolute atomic E-state index is 12.9. The first-order valence-corrected chi connectivity index (χ1v) is 13.2. The van der Waals surface area contributed by atoms with Crippen molar-refractivity contribution in [3.05, 3.63) is 107 Å². The number of benzene rings is 1. The molecule has 0 aliphatic carbocycles. The number of nitrogens with one attached hydrogen (secondary N) is 2. The molecule has 3 aromatic heterocycles. The number of carbonyl (C=O) groups is 1. The largest absolute Gasteiger partial charge is 0.352 e. The zero-order chi connectivity index (χ0) is 26.8. The van der Waals surface area contributed by atoms with Crippen molar-refractivity contribution in [3.8, 4) is 5.82 Å². The van der Waals surface area contributed by atoms with Gasteiger partial charge >= 0.3 is 0 Å². The topological polar surface area (TPSA) is 75.1 Å². The highest BCUT2D eigenvalue weighted by Crippen LogP contribution is 2.41. The Morgan fingerprint density at radius 3 is 2.55 bits per heavy atom. The molecule has 2 N–H and O–H groups in total. The van der Waals surface area contributed by atoms with Crippen LogP contribution in [0.4, 0.5) is 5.69 Å². The van der Waals surface area contributed by atoms with E-state index in [1.54, 1.807) is 6.20 Å². The highest BCUT2D eigenvalue weighted by Gasteiger charge is 2.41. The summed E-state index contributed by atoms with van der Waals surface area (Å²) in [5.41, 5.74) is 7.23. The molecule has 2 atom stereocenters. The lowest BCUT2D eigenvalue weighted by molar-refractivity contribution is -0.116. The Labute approximate surface area is 228 Å². The van der Waals surface area contributed by atoms with Gasteiger partial charge in [-0.25, -0.2) is 4.98 Å². The second-order valence-electron chi connectivity index (χ2n) is 9.84. The lowest BCUT2D eigenvalue weighted by atomic mass is 9.96. The SMILES string of the molecule is Cc1ccc(-n2c(C)cc([C@@H]3[C@@H](c4ccccn4)NC(=S)N3CCC(=O)Nc3cccc(C)c3)c2C)nc1. The standard InChI is InChI=1S/C30H32N6OS/c1-19-8-7-9-23(16-19)33-27(37)13-15-35-29(28(34-30(35)38)25-10-5-6-14-31-25)24-17-21(3)36(22(24)4)26-12-11-20(2)18-32-26/h5-12,14,16-18,28-29H,13,15H2,1-4H3,(H,33,37)(H,34,38)/t28-,29-/m1/s1. The fourth-order valence-electron chi connectivity index (χ4n) is 5.18. The van der Waals surface area contributed by atoms with Gasteiger partial charge in [-0.05, 0) is 93.0 Å². The highest BCUT2D eigenvalue weighted by molar-refractivity contribution is 7.80. The van der Waals surface area contributed by atoms with Crippen LogP contribution in [0, 0.1) is 27.7 Å². The highest BCUT2D eigenvalue weighted by atomic mass is 32.1. The van der Waals surface area contributed by atoms with Gasteiger partial charge in [0.05, 0.1) is 17.8 Å². The van der Waals surface area contributed by atoms with Gasteiger partial charge in [0.1, 0.15) is 5.82 Å². The number of hydrogen-bond donors (Lipinski definition) is 2. The molecule has 0 unspecified atom stereocenters. The van der Waals surface area contributed by atoms with E-state index in [1.165, 1.54) is 0 Å². The summed E-state index contributed by atoms with van der Waals surface area (Å²) in [6, 6.07) is 19.8. The zero-order valence-corrected chi connectivity index (χ0v) is 22.9. The molecule has 0 radical (unpaired) electrons. The Balaban J connectivity index is 1.46. The first kappa shape index (κ1) is 25.6. The van der Waals surface area contributed by atoms with Gasteiger partial charge in [-0.1, -0.05) is 24.3 Å². The summed E-state index contributed by atoms with van der Waals surface area (Å²) in [6.45, 7) is 8.73. The third kappa shape index (κ3) is 5.17. The van der Waals surface area contributed by atoms with Crippen molar-refractivity contribution >= 4 is 28.9 Å². The van der Waals surface area contributed by atoms with Gasteiger partial charge in [0.2, 0.25) is 5.91 Å². The molecule has 1 amide bonds. The quantitative estimate of drug-likeness (QED) is 0.311. The summed E-state index contributed by atoms with van der Waals surface area (Å²) in [7, 11) is 0. The Morgan fingerprint density at radius 1 is 1.00 bits per heavy atom. The fourth-order valence-corrected chi connectivity index (χ4v) is 5.52. The first-order chi connectivity index (χ1) is 18.3. The Kier molecular flexibility index (Phi) is 7.24. The van der Waals surface area contributed by atoms with Crippen LogP contribution < -0.4 is 10.6 Å². The van der Waals surface area contributed by atoms with E-state index < -0.39 is 0 Å². The second kappa shape index (κ2) is 10.8. The van der Waals surface area contributed by atoms with Crippen molar-refractivity contribution in [2.24, 2.45) is 0 Å². The molecule has 0 bridgehead atoms. The number of pyridine rings is 2. The monoisotopic (exact) mass is 524 g/mol. The number of aromatic nitrogens is 3. The summed E-state index contributed by atoms with van der Waals surface area (Å²) in [5, 5.41) is 7.12. The molecule has 38 heavy (non-hydrogen) atoms. The number of anilines is 1. The molecular formula is C30H32N6OS. The summed E-state index contributed by atoms with van der Waals surface area (Å²) in [4.78, 5) is 24.3. The normalized spacial score (nSPS) is 16.9. The molecule has 7 nitrogen and oxygen atoms in total. The van der Waals surface area contributed by atoms with Gasteiger partial charge < -0.3 is 20.1 Å². The van der Waals surface area contributed by atoms with Crippen LogP contribution >= 0.6 is 12.2 Å². The molecule has 1 saturated heterocycles. The van der Waals surface area contributed by atoms with Gasteiger partial charge in [0.15, 0.2) is 5.11 Å². The van der Waals surface area contributed by atoms with E-state index in [4.69, 9.17) is 12.2 Å². The smallest absolute Gasteiger partial charge is 0.226 e. The molecule has 1 aromatic carbocycles. The Bertz CT molecular complexity index is 1460. The molecule has 1 aliphatic rings. The molecule has 4 heterocycles. The van der Waals surface area contributed by atoms with Crippen LogP contribution in [0.2, 0.25) is 0 Å². The van der Waals surface area contributed by atoms with Gasteiger partial charge in [-0.2, -0.15) is 0 Å². The molecule has 1 aliphatic heterocycles. The van der Waals surface area contributed by atoms with Crippen LogP contribution in [0.5, 0.6) is 0 Å². The molecule has 0 saturated carbocycles. The van der Waals surface area contributed by atoms with E-state index in [1.807, 2.05) is 68.6 Å². The predicted molar refractivity (Wildman–Crippen MR) is 154 cm³/mol. The number of amides is 1. The molecule has 0 spiro atoms. The molecule has 1 fully saturated rings. The summed E-state index contributed by atoms with van der Waals surface area (Å²) < 4.78 is 2.17. The van der Waals surface area contributed by atoms with E-state index >= 15 is 0 Å². The third-order valence-corrected chi connectivity index (χ3v) is 7.35. The van der Waals surface area contributed by atoms with E-state index in [0.29, 0.717) is 18.1 Å². The molecule has 5 rings (SSSR count). The van der Waals surface area contributed by atoms with E-state index in [2.05, 4.69) is 56.0 Å². The lowest BCUT2D eigenvalue weighted by Crippen LogP contribution is -2.32. The van der Waals surface area contributed by atoms with Crippen LogP contribution in [0.1, 0.15) is 52.3 Å². The predicted octanol–water partition coefficient (Wildman–Crippen LogP) is 5.50. The van der Waals surface area contributed by atoms with Crippen molar-refractivity contribution in [2.45, 2.75) is 46.2 Å². The summed E-state index contributed by atoms with van der Waals surface area (Å²) in [6.07, 6.45) is 3.99. The number of carbonyl (C=O) groups excluding carboxylic acids is 1. The maximum Gasteiger partial charge on any atom is 0.226 e. The van der Waals surface area contributed by atoms with Crippen LogP contribution in [0.15, 0.2) is 73.1 Å². The Morgan fingerprint density at radius 2 is 1.84 bits per heavy atom. The minimum atomic E-state index is -0.150. The summed E-state index contributed by atoms with van der Waals surface area (Å²) >= 11 is 5.82. The zero-order valence-electron chi connectivity index (χ0n) is 22.1. The van der Waals surface area contributed by atoms with Crippen LogP contribution in [0.3, 0.4) is 0 Å². The van der Waals surface area contributed by atoms with Gasteiger partial charge in [0.25, 0.3) is 0 Å². The van der Waals surface area contributed by atoms with Crippen molar-refractivity contribution in [1.29, 1.82) is 0 Å². The number of aryl methyl sites for hydroxylation is 3.